The minimum atomic E-state index is -0.274. The molecule has 6 nitrogen and oxygen atoms in total. The quantitative estimate of drug-likeness (QED) is 0.807. The summed E-state index contributed by atoms with van der Waals surface area (Å²) in [6.07, 6.45) is 4.57. The van der Waals surface area contributed by atoms with Crippen LogP contribution in [0.25, 0.3) is 0 Å². The molecule has 7 heteroatoms. The lowest BCUT2D eigenvalue weighted by atomic mass is 10.0. The van der Waals surface area contributed by atoms with Gasteiger partial charge in [0.05, 0.1) is 25.8 Å². The number of ether oxygens (including phenoxy) is 1. The summed E-state index contributed by atoms with van der Waals surface area (Å²) < 4.78 is 18.8. The predicted molar refractivity (Wildman–Crippen MR) is 104 cm³/mol. The van der Waals surface area contributed by atoms with Crippen LogP contribution in [0.2, 0.25) is 0 Å². The van der Waals surface area contributed by atoms with Crippen molar-refractivity contribution in [3.05, 3.63) is 35.6 Å². The zero-order valence-electron chi connectivity index (χ0n) is 16.4. The first-order valence-corrected chi connectivity index (χ1v) is 10.3. The second-order valence-corrected chi connectivity index (χ2v) is 7.50. The molecule has 2 aliphatic heterocycles. The van der Waals surface area contributed by atoms with E-state index in [1.165, 1.54) is 12.1 Å². The summed E-state index contributed by atoms with van der Waals surface area (Å²) in [7, 11) is 0. The van der Waals surface area contributed by atoms with E-state index in [1.807, 2.05) is 0 Å². The van der Waals surface area contributed by atoms with Crippen molar-refractivity contribution in [3.8, 4) is 0 Å². The number of likely N-dealkylation sites (tertiary alicyclic amines) is 1. The van der Waals surface area contributed by atoms with Crippen molar-refractivity contribution < 1.29 is 18.7 Å². The number of nitrogens with zero attached hydrogens (tertiary/aromatic N) is 2. The maximum atomic E-state index is 13.3. The number of rotatable bonds is 6. The number of benzene rings is 1. The lowest BCUT2D eigenvalue weighted by Gasteiger charge is -2.35. The number of carbonyl (C=O) groups excluding carboxylic acids is 2. The molecule has 2 saturated heterocycles. The zero-order valence-corrected chi connectivity index (χ0v) is 16.4. The molecule has 0 bridgehead atoms. The Hall–Kier alpha value is -1.99. The number of hydrogen-bond acceptors (Lipinski definition) is 4. The fraction of sp³-hybridized carbons (Fsp3) is 0.619. The van der Waals surface area contributed by atoms with Crippen molar-refractivity contribution in [3.63, 3.8) is 0 Å². The van der Waals surface area contributed by atoms with Crippen LogP contribution in [0.15, 0.2) is 24.3 Å². The Labute approximate surface area is 166 Å². The topological polar surface area (TPSA) is 61.9 Å². The molecule has 0 radical (unpaired) electrons. The van der Waals surface area contributed by atoms with Gasteiger partial charge in [0.15, 0.2) is 0 Å². The number of carbonyl (C=O) groups is 2. The van der Waals surface area contributed by atoms with E-state index >= 15 is 0 Å². The smallest absolute Gasteiger partial charge is 0.239 e. The summed E-state index contributed by atoms with van der Waals surface area (Å²) in [5.74, 6) is -0.350. The number of morpholine rings is 1. The number of amides is 2. The molecule has 0 saturated carbocycles. The third-order valence-corrected chi connectivity index (χ3v) is 5.49. The van der Waals surface area contributed by atoms with Gasteiger partial charge in [-0.15, -0.1) is 0 Å². The van der Waals surface area contributed by atoms with E-state index in [2.05, 4.69) is 10.2 Å². The predicted octanol–water partition coefficient (Wildman–Crippen LogP) is 2.11. The second-order valence-electron chi connectivity index (χ2n) is 7.50. The molecule has 2 aliphatic rings. The van der Waals surface area contributed by atoms with Crippen LogP contribution in [-0.2, 0) is 14.3 Å². The summed E-state index contributed by atoms with van der Waals surface area (Å²) in [4.78, 5) is 28.7. The average molecular weight is 391 g/mol. The molecule has 0 spiro atoms. The first-order valence-electron chi connectivity index (χ1n) is 10.3. The molecule has 0 aliphatic carbocycles. The number of nitrogens with one attached hydrogen (secondary N) is 1. The van der Waals surface area contributed by atoms with Crippen molar-refractivity contribution in [1.82, 2.24) is 15.1 Å². The van der Waals surface area contributed by atoms with Crippen LogP contribution in [-0.4, -0.2) is 67.6 Å². The van der Waals surface area contributed by atoms with E-state index < -0.39 is 0 Å². The van der Waals surface area contributed by atoms with E-state index in [4.69, 9.17) is 4.74 Å². The van der Waals surface area contributed by atoms with Gasteiger partial charge in [-0.3, -0.25) is 14.5 Å². The molecule has 1 aromatic carbocycles. The van der Waals surface area contributed by atoms with Gasteiger partial charge in [-0.05, 0) is 30.5 Å². The Morgan fingerprint density at radius 1 is 1.07 bits per heavy atom. The second kappa shape index (κ2) is 10.5. The van der Waals surface area contributed by atoms with E-state index in [0.717, 1.165) is 44.3 Å². The van der Waals surface area contributed by atoms with Crippen LogP contribution in [0.4, 0.5) is 4.39 Å². The van der Waals surface area contributed by atoms with Crippen LogP contribution in [0.3, 0.4) is 0 Å². The molecule has 0 aromatic heterocycles. The number of halogens is 1. The molecule has 1 atom stereocenters. The molecule has 1 N–H and O–H groups in total. The van der Waals surface area contributed by atoms with E-state index in [1.54, 1.807) is 17.0 Å². The Morgan fingerprint density at radius 3 is 2.54 bits per heavy atom. The Morgan fingerprint density at radius 2 is 1.79 bits per heavy atom. The molecule has 2 fully saturated rings. The highest BCUT2D eigenvalue weighted by molar-refractivity contribution is 5.84. The van der Waals surface area contributed by atoms with Gasteiger partial charge in [0.2, 0.25) is 11.8 Å². The third-order valence-electron chi connectivity index (χ3n) is 5.49. The maximum absolute atomic E-state index is 13.3. The zero-order chi connectivity index (χ0) is 19.8. The molecule has 2 amide bonds. The Kier molecular flexibility index (Phi) is 7.80. The lowest BCUT2D eigenvalue weighted by Crippen LogP contribution is -2.46. The summed E-state index contributed by atoms with van der Waals surface area (Å²) in [6, 6.07) is 6.39. The first-order chi connectivity index (χ1) is 13.6. The Bertz CT molecular complexity index is 647. The van der Waals surface area contributed by atoms with E-state index in [-0.39, 0.29) is 30.2 Å². The van der Waals surface area contributed by atoms with Crippen molar-refractivity contribution in [1.29, 1.82) is 0 Å². The minimum absolute atomic E-state index is 0.0449. The monoisotopic (exact) mass is 391 g/mol. The normalized spacial score (nSPS) is 20.3. The van der Waals surface area contributed by atoms with Gasteiger partial charge < -0.3 is 15.0 Å². The van der Waals surface area contributed by atoms with Gasteiger partial charge in [0.25, 0.3) is 0 Å². The first kappa shape index (κ1) is 20.7. The minimum Gasteiger partial charge on any atom is -0.379 e. The molecule has 28 heavy (non-hydrogen) atoms. The SMILES string of the molecule is O=C(CN1CCCCCCC1=O)NC[C@H](c1ccc(F)cc1)N1CCOCC1. The largest absolute Gasteiger partial charge is 0.379 e. The van der Waals surface area contributed by atoms with Crippen LogP contribution in [0.5, 0.6) is 0 Å². The summed E-state index contributed by atoms with van der Waals surface area (Å²) in [5, 5.41) is 2.99. The van der Waals surface area contributed by atoms with Gasteiger partial charge >= 0.3 is 0 Å². The van der Waals surface area contributed by atoms with Crippen molar-refractivity contribution in [2.45, 2.75) is 38.1 Å². The molecular weight excluding hydrogens is 361 g/mol. The average Bonchev–Trinajstić information content (AvgIpc) is 2.70. The summed E-state index contributed by atoms with van der Waals surface area (Å²) >= 11 is 0. The van der Waals surface area contributed by atoms with Crippen LogP contribution in [0.1, 0.15) is 43.7 Å². The molecule has 3 rings (SSSR count). The van der Waals surface area contributed by atoms with Gasteiger partial charge in [-0.2, -0.15) is 0 Å². The van der Waals surface area contributed by atoms with Gasteiger partial charge in [-0.1, -0.05) is 25.0 Å². The van der Waals surface area contributed by atoms with Gasteiger partial charge in [0.1, 0.15) is 5.82 Å². The fourth-order valence-corrected chi connectivity index (χ4v) is 3.85. The lowest BCUT2D eigenvalue weighted by molar-refractivity contribution is -0.136. The van der Waals surface area contributed by atoms with Crippen molar-refractivity contribution in [2.75, 3.05) is 45.9 Å². The molecule has 1 aromatic rings. The molecule has 0 unspecified atom stereocenters. The Balaban J connectivity index is 1.59. The summed E-state index contributed by atoms with van der Waals surface area (Å²) in [6.45, 7) is 4.01. The molecular formula is C21H30FN3O3. The van der Waals surface area contributed by atoms with E-state index in [0.29, 0.717) is 32.7 Å². The van der Waals surface area contributed by atoms with Crippen molar-refractivity contribution in [2.24, 2.45) is 0 Å². The molecule has 154 valence electrons. The molecule has 2 heterocycles. The highest BCUT2D eigenvalue weighted by Gasteiger charge is 2.24. The highest BCUT2D eigenvalue weighted by atomic mass is 19.1. The fourth-order valence-electron chi connectivity index (χ4n) is 3.85. The van der Waals surface area contributed by atoms with Crippen LogP contribution >= 0.6 is 0 Å². The van der Waals surface area contributed by atoms with Gasteiger partial charge in [-0.25, -0.2) is 4.39 Å². The van der Waals surface area contributed by atoms with Gasteiger partial charge in [0, 0.05) is 32.6 Å². The number of hydrogen-bond donors (Lipinski definition) is 1. The van der Waals surface area contributed by atoms with Crippen LogP contribution in [0, 0.1) is 5.82 Å². The van der Waals surface area contributed by atoms with Crippen molar-refractivity contribution >= 4 is 11.8 Å². The maximum Gasteiger partial charge on any atom is 0.239 e. The summed E-state index contributed by atoms with van der Waals surface area (Å²) in [5.41, 5.74) is 0.964. The third kappa shape index (κ3) is 6.01. The highest BCUT2D eigenvalue weighted by Crippen LogP contribution is 2.21. The standard InChI is InChI=1S/C21H30FN3O3/c22-18-8-6-17(7-9-18)19(24-11-13-28-14-12-24)15-23-20(26)16-25-10-4-2-1-3-5-21(25)27/h6-9,19H,1-5,10-16H2,(H,23,26)/t19-/m1/s1. The van der Waals surface area contributed by atoms with E-state index in [9.17, 15) is 14.0 Å². The van der Waals surface area contributed by atoms with Crippen LogP contribution < -0.4 is 5.32 Å².